The van der Waals surface area contributed by atoms with Crippen molar-refractivity contribution in [2.45, 2.75) is 25.2 Å². The molecule has 0 bridgehead atoms. The maximum absolute atomic E-state index is 12.8. The van der Waals surface area contributed by atoms with Crippen LogP contribution in [0.15, 0.2) is 60.7 Å². The molecule has 2 amide bonds. The predicted molar refractivity (Wildman–Crippen MR) is 119 cm³/mol. The van der Waals surface area contributed by atoms with Crippen LogP contribution in [0.4, 0.5) is 18.0 Å². The van der Waals surface area contributed by atoms with Crippen molar-refractivity contribution in [1.82, 2.24) is 15.2 Å². The molecule has 0 radical (unpaired) electrons. The number of hydrogen-bond donors (Lipinski definition) is 3. The van der Waals surface area contributed by atoms with Crippen LogP contribution in [-0.4, -0.2) is 41.1 Å². The van der Waals surface area contributed by atoms with Gasteiger partial charge in [-0.25, -0.2) is 4.79 Å². The van der Waals surface area contributed by atoms with Crippen molar-refractivity contribution in [3.63, 3.8) is 0 Å². The molecule has 0 fully saturated rings. The van der Waals surface area contributed by atoms with Crippen LogP contribution >= 0.6 is 0 Å². The summed E-state index contributed by atoms with van der Waals surface area (Å²) in [5.74, 6) is -0.639. The summed E-state index contributed by atoms with van der Waals surface area (Å²) in [5.41, 5.74) is 2.96. The zero-order valence-corrected chi connectivity index (χ0v) is 17.9. The first-order valence-electron chi connectivity index (χ1n) is 10.6. The molecule has 4 rings (SSSR count). The lowest BCUT2D eigenvalue weighted by atomic mass is 10.0. The fourth-order valence-corrected chi connectivity index (χ4v) is 4.21. The van der Waals surface area contributed by atoms with Crippen LogP contribution in [0.2, 0.25) is 0 Å². The lowest BCUT2D eigenvalue weighted by Gasteiger charge is -2.29. The summed E-state index contributed by atoms with van der Waals surface area (Å²) in [7, 11) is 0. The van der Waals surface area contributed by atoms with Crippen LogP contribution < -0.4 is 15.4 Å². The van der Waals surface area contributed by atoms with Gasteiger partial charge in [0.15, 0.2) is 0 Å². The maximum atomic E-state index is 12.8. The van der Waals surface area contributed by atoms with E-state index >= 15 is 0 Å². The highest BCUT2D eigenvalue weighted by atomic mass is 19.4. The average Bonchev–Trinajstić information content (AvgIpc) is 3.19. The molecule has 1 atom stereocenters. The minimum absolute atomic E-state index is 0.165. The van der Waals surface area contributed by atoms with Crippen LogP contribution in [0.3, 0.4) is 0 Å². The third-order valence-electron chi connectivity index (χ3n) is 5.55. The molecule has 1 aliphatic rings. The number of carbonyl (C=O) groups is 2. The van der Waals surface area contributed by atoms with Gasteiger partial charge < -0.3 is 25.0 Å². The summed E-state index contributed by atoms with van der Waals surface area (Å²) in [5, 5.41) is 14.0. The number of amides is 2. The monoisotopic (exact) mass is 473 g/mol. The molecule has 34 heavy (non-hydrogen) atoms. The molecule has 0 saturated heterocycles. The molecule has 7 nitrogen and oxygen atoms in total. The number of nitrogens with zero attached hydrogens (tertiary/aromatic N) is 1. The van der Waals surface area contributed by atoms with E-state index in [0.29, 0.717) is 41.9 Å². The third-order valence-corrected chi connectivity index (χ3v) is 5.55. The highest BCUT2D eigenvalue weighted by molar-refractivity contribution is 5.98. The standard InChI is InChI=1S/C24H22F3N3O4/c25-24(26,27)34-18-10-4-8-16(12-18)19-13-20-22(31)29-14-17(9-5-11-28-23(32)33)30(20)21(19)15-6-2-1-3-7-15/h1-4,6-8,10,12-13,17,28H,5,9,11,14H2,(H,29,31)(H,32,33)/t17-/m0/s1. The van der Waals surface area contributed by atoms with Crippen molar-refractivity contribution in [2.75, 3.05) is 13.1 Å². The van der Waals surface area contributed by atoms with Gasteiger partial charge in [-0.2, -0.15) is 0 Å². The van der Waals surface area contributed by atoms with E-state index in [2.05, 4.69) is 15.4 Å². The normalized spacial score (nSPS) is 15.4. The van der Waals surface area contributed by atoms with Crippen LogP contribution in [0.25, 0.3) is 22.4 Å². The SMILES string of the molecule is O=C(O)NCCC[C@H]1CNC(=O)c2cc(-c3cccc(OC(F)(F)F)c3)c(-c3ccccc3)n21. The first-order chi connectivity index (χ1) is 16.2. The molecular formula is C24H22F3N3O4. The molecule has 3 aromatic rings. The zero-order chi connectivity index (χ0) is 24.3. The van der Waals surface area contributed by atoms with Crippen molar-refractivity contribution < 1.29 is 32.6 Å². The molecule has 0 unspecified atom stereocenters. The molecule has 0 spiro atoms. The topological polar surface area (TPSA) is 92.6 Å². The first kappa shape index (κ1) is 23.2. The van der Waals surface area contributed by atoms with Crippen LogP contribution in [0, 0.1) is 0 Å². The second kappa shape index (κ2) is 9.50. The van der Waals surface area contributed by atoms with E-state index in [1.165, 1.54) is 18.2 Å². The van der Waals surface area contributed by atoms with Gasteiger partial charge in [0.05, 0.1) is 11.7 Å². The van der Waals surface area contributed by atoms with E-state index in [4.69, 9.17) is 5.11 Å². The van der Waals surface area contributed by atoms with E-state index in [0.717, 1.165) is 5.56 Å². The van der Waals surface area contributed by atoms with Gasteiger partial charge in [-0.3, -0.25) is 4.79 Å². The van der Waals surface area contributed by atoms with Gasteiger partial charge in [-0.15, -0.1) is 13.2 Å². The molecule has 0 saturated carbocycles. The van der Waals surface area contributed by atoms with Gasteiger partial charge in [0, 0.05) is 18.7 Å². The van der Waals surface area contributed by atoms with E-state index in [1.807, 2.05) is 34.9 Å². The van der Waals surface area contributed by atoms with E-state index in [9.17, 15) is 22.8 Å². The van der Waals surface area contributed by atoms with Crippen molar-refractivity contribution in [1.29, 1.82) is 0 Å². The lowest BCUT2D eigenvalue weighted by molar-refractivity contribution is -0.274. The Morgan fingerprint density at radius 2 is 1.85 bits per heavy atom. The first-order valence-corrected chi connectivity index (χ1v) is 10.6. The summed E-state index contributed by atoms with van der Waals surface area (Å²) in [6.07, 6.45) is -4.80. The molecule has 2 aromatic carbocycles. The fourth-order valence-electron chi connectivity index (χ4n) is 4.21. The molecule has 2 heterocycles. The molecule has 0 aliphatic carbocycles. The number of alkyl halides is 3. The zero-order valence-electron chi connectivity index (χ0n) is 17.9. The second-order valence-corrected chi connectivity index (χ2v) is 7.84. The number of hydrogen-bond acceptors (Lipinski definition) is 3. The number of aromatic nitrogens is 1. The van der Waals surface area contributed by atoms with Crippen molar-refractivity contribution in [3.05, 3.63) is 66.4 Å². The summed E-state index contributed by atoms with van der Waals surface area (Å²) in [4.78, 5) is 23.5. The summed E-state index contributed by atoms with van der Waals surface area (Å²) in [6.45, 7) is 0.616. The molecule has 3 N–H and O–H groups in total. The second-order valence-electron chi connectivity index (χ2n) is 7.84. The Kier molecular flexibility index (Phi) is 6.49. The van der Waals surface area contributed by atoms with Crippen molar-refractivity contribution in [2.24, 2.45) is 0 Å². The van der Waals surface area contributed by atoms with Crippen LogP contribution in [-0.2, 0) is 0 Å². The Labute approximate surface area is 193 Å². The fraction of sp³-hybridized carbons (Fsp3) is 0.250. The number of carbonyl (C=O) groups excluding carboxylic acids is 1. The van der Waals surface area contributed by atoms with Gasteiger partial charge in [0.2, 0.25) is 0 Å². The molecular weight excluding hydrogens is 451 g/mol. The highest BCUT2D eigenvalue weighted by Crippen LogP contribution is 2.40. The number of carboxylic acid groups (broad SMARTS) is 1. The third kappa shape index (κ3) is 5.16. The minimum atomic E-state index is -4.82. The Bertz CT molecular complexity index is 1190. The van der Waals surface area contributed by atoms with Crippen molar-refractivity contribution >= 4 is 12.0 Å². The summed E-state index contributed by atoms with van der Waals surface area (Å²) >= 11 is 0. The maximum Gasteiger partial charge on any atom is 0.573 e. The van der Waals surface area contributed by atoms with Gasteiger partial charge in [-0.1, -0.05) is 42.5 Å². The van der Waals surface area contributed by atoms with Crippen molar-refractivity contribution in [3.8, 4) is 28.1 Å². The van der Waals surface area contributed by atoms with Crippen LogP contribution in [0.5, 0.6) is 5.75 Å². The van der Waals surface area contributed by atoms with Gasteiger partial charge in [0.1, 0.15) is 11.4 Å². The number of ether oxygens (including phenoxy) is 1. The van der Waals surface area contributed by atoms with E-state index in [-0.39, 0.29) is 24.2 Å². The Balaban J connectivity index is 1.80. The quantitative estimate of drug-likeness (QED) is 0.419. The molecule has 10 heteroatoms. The summed E-state index contributed by atoms with van der Waals surface area (Å²) < 4.78 is 44.4. The van der Waals surface area contributed by atoms with E-state index in [1.54, 1.807) is 12.1 Å². The average molecular weight is 473 g/mol. The smallest absolute Gasteiger partial charge is 0.465 e. The molecule has 178 valence electrons. The minimum Gasteiger partial charge on any atom is -0.465 e. The number of nitrogens with one attached hydrogen (secondary N) is 2. The number of fused-ring (bicyclic) bond motifs is 1. The Morgan fingerprint density at radius 1 is 1.12 bits per heavy atom. The van der Waals surface area contributed by atoms with Gasteiger partial charge in [0.25, 0.3) is 5.91 Å². The molecule has 1 aliphatic heterocycles. The largest absolute Gasteiger partial charge is 0.573 e. The highest BCUT2D eigenvalue weighted by Gasteiger charge is 2.32. The number of benzene rings is 2. The Morgan fingerprint density at radius 3 is 2.56 bits per heavy atom. The number of rotatable bonds is 7. The van der Waals surface area contributed by atoms with E-state index < -0.39 is 12.5 Å². The van der Waals surface area contributed by atoms with Crippen LogP contribution in [0.1, 0.15) is 29.4 Å². The van der Waals surface area contributed by atoms with Gasteiger partial charge >= 0.3 is 12.5 Å². The van der Waals surface area contributed by atoms with Gasteiger partial charge in [-0.05, 0) is 42.2 Å². The lowest BCUT2D eigenvalue weighted by Crippen LogP contribution is -2.39. The number of halogens is 3. The molecule has 1 aromatic heterocycles. The predicted octanol–water partition coefficient (Wildman–Crippen LogP) is 5.05. The Hall–Kier alpha value is -3.95. The summed E-state index contributed by atoms with van der Waals surface area (Å²) in [6, 6.07) is 16.4.